The number of aromatic nitrogens is 1. The Bertz CT molecular complexity index is 704. The standard InChI is InChI=1S/C15H14N2OS/c1-2-10-3-6-12(7-4-10)18-15-17-13-8-5-11(16)9-14(13)19-15/h3-9H,2,16H2,1H3. The minimum atomic E-state index is 0.643. The minimum Gasteiger partial charge on any atom is -0.431 e. The van der Waals surface area contributed by atoms with Crippen molar-refractivity contribution in [2.45, 2.75) is 13.3 Å². The topological polar surface area (TPSA) is 48.1 Å². The van der Waals surface area contributed by atoms with E-state index in [1.165, 1.54) is 16.9 Å². The molecular formula is C15H14N2OS. The largest absolute Gasteiger partial charge is 0.431 e. The van der Waals surface area contributed by atoms with Gasteiger partial charge in [0.1, 0.15) is 5.75 Å². The molecule has 1 aromatic heterocycles. The second-order valence-electron chi connectivity index (χ2n) is 4.31. The van der Waals surface area contributed by atoms with E-state index in [0.717, 1.165) is 28.1 Å². The van der Waals surface area contributed by atoms with Crippen LogP contribution >= 0.6 is 11.3 Å². The molecule has 0 aliphatic heterocycles. The van der Waals surface area contributed by atoms with Crippen LogP contribution in [0.5, 0.6) is 10.9 Å². The van der Waals surface area contributed by atoms with Gasteiger partial charge in [0.25, 0.3) is 5.19 Å². The van der Waals surface area contributed by atoms with E-state index in [-0.39, 0.29) is 0 Å². The zero-order valence-corrected chi connectivity index (χ0v) is 11.4. The van der Waals surface area contributed by atoms with Crippen molar-refractivity contribution in [2.24, 2.45) is 0 Å². The smallest absolute Gasteiger partial charge is 0.279 e. The Balaban J connectivity index is 1.87. The van der Waals surface area contributed by atoms with Crippen molar-refractivity contribution < 1.29 is 4.74 Å². The van der Waals surface area contributed by atoms with Crippen LogP contribution in [-0.2, 0) is 6.42 Å². The number of nitrogen functional groups attached to an aromatic ring is 1. The first-order valence-corrected chi connectivity index (χ1v) is 6.99. The minimum absolute atomic E-state index is 0.643. The number of hydrogen-bond acceptors (Lipinski definition) is 4. The molecule has 96 valence electrons. The third kappa shape index (κ3) is 2.53. The molecule has 1 heterocycles. The van der Waals surface area contributed by atoms with E-state index in [4.69, 9.17) is 10.5 Å². The molecule has 0 fully saturated rings. The van der Waals surface area contributed by atoms with Gasteiger partial charge in [0.2, 0.25) is 0 Å². The molecule has 3 aromatic rings. The SMILES string of the molecule is CCc1ccc(Oc2nc3ccc(N)cc3s2)cc1. The number of nitrogens with two attached hydrogens (primary N) is 1. The second kappa shape index (κ2) is 4.90. The number of aryl methyl sites for hydroxylation is 1. The van der Waals surface area contributed by atoms with Crippen LogP contribution in [0.3, 0.4) is 0 Å². The molecule has 2 N–H and O–H groups in total. The van der Waals surface area contributed by atoms with Gasteiger partial charge in [-0.3, -0.25) is 0 Å². The van der Waals surface area contributed by atoms with Gasteiger partial charge in [-0.25, -0.2) is 4.98 Å². The fourth-order valence-electron chi connectivity index (χ4n) is 1.86. The lowest BCUT2D eigenvalue weighted by molar-refractivity contribution is 0.480. The van der Waals surface area contributed by atoms with E-state index >= 15 is 0 Å². The lowest BCUT2D eigenvalue weighted by Gasteiger charge is -2.02. The molecule has 19 heavy (non-hydrogen) atoms. The van der Waals surface area contributed by atoms with Gasteiger partial charge >= 0.3 is 0 Å². The maximum Gasteiger partial charge on any atom is 0.279 e. The maximum atomic E-state index is 5.77. The monoisotopic (exact) mass is 270 g/mol. The molecule has 0 unspecified atom stereocenters. The Morgan fingerprint density at radius 2 is 1.95 bits per heavy atom. The summed E-state index contributed by atoms with van der Waals surface area (Å²) in [6.45, 7) is 2.13. The highest BCUT2D eigenvalue weighted by Crippen LogP contribution is 2.32. The van der Waals surface area contributed by atoms with Crippen LogP contribution in [0.25, 0.3) is 10.2 Å². The van der Waals surface area contributed by atoms with E-state index in [1.807, 2.05) is 30.3 Å². The fraction of sp³-hybridized carbons (Fsp3) is 0.133. The van der Waals surface area contributed by atoms with Crippen LogP contribution in [0.1, 0.15) is 12.5 Å². The Labute approximate surface area is 115 Å². The van der Waals surface area contributed by atoms with Gasteiger partial charge in [0.15, 0.2) is 0 Å². The fourth-order valence-corrected chi connectivity index (χ4v) is 2.74. The number of nitrogens with zero attached hydrogens (tertiary/aromatic N) is 1. The van der Waals surface area contributed by atoms with Crippen molar-refractivity contribution in [1.82, 2.24) is 4.98 Å². The average Bonchev–Trinajstić information content (AvgIpc) is 2.81. The van der Waals surface area contributed by atoms with E-state index in [0.29, 0.717) is 5.19 Å². The summed E-state index contributed by atoms with van der Waals surface area (Å²) in [5.74, 6) is 0.809. The van der Waals surface area contributed by atoms with Crippen molar-refractivity contribution in [1.29, 1.82) is 0 Å². The third-order valence-corrected chi connectivity index (χ3v) is 3.83. The molecule has 0 spiro atoms. The lowest BCUT2D eigenvalue weighted by atomic mass is 10.2. The summed E-state index contributed by atoms with van der Waals surface area (Å²) in [4.78, 5) is 4.43. The van der Waals surface area contributed by atoms with Gasteiger partial charge in [0, 0.05) is 5.69 Å². The predicted molar refractivity (Wildman–Crippen MR) is 79.9 cm³/mol. The molecule has 0 amide bonds. The van der Waals surface area contributed by atoms with Crippen LogP contribution < -0.4 is 10.5 Å². The highest BCUT2D eigenvalue weighted by Gasteiger charge is 2.06. The van der Waals surface area contributed by atoms with Crippen LogP contribution in [0.2, 0.25) is 0 Å². The van der Waals surface area contributed by atoms with Gasteiger partial charge in [-0.05, 0) is 42.3 Å². The predicted octanol–water partition coefficient (Wildman–Crippen LogP) is 4.23. The Kier molecular flexibility index (Phi) is 3.09. The van der Waals surface area contributed by atoms with Crippen molar-refractivity contribution in [3.63, 3.8) is 0 Å². The molecule has 0 bridgehead atoms. The number of ether oxygens (including phenoxy) is 1. The lowest BCUT2D eigenvalue weighted by Crippen LogP contribution is -1.84. The van der Waals surface area contributed by atoms with E-state index in [9.17, 15) is 0 Å². The quantitative estimate of drug-likeness (QED) is 0.724. The number of hydrogen-bond donors (Lipinski definition) is 1. The van der Waals surface area contributed by atoms with E-state index < -0.39 is 0 Å². The van der Waals surface area contributed by atoms with E-state index in [2.05, 4.69) is 24.0 Å². The molecule has 0 saturated heterocycles. The van der Waals surface area contributed by atoms with Gasteiger partial charge in [-0.15, -0.1) is 0 Å². The van der Waals surface area contributed by atoms with Crippen LogP contribution in [0, 0.1) is 0 Å². The highest BCUT2D eigenvalue weighted by molar-refractivity contribution is 7.20. The number of fused-ring (bicyclic) bond motifs is 1. The van der Waals surface area contributed by atoms with Gasteiger partial charge < -0.3 is 10.5 Å². The molecule has 0 atom stereocenters. The van der Waals surface area contributed by atoms with Crippen molar-refractivity contribution in [3.8, 4) is 10.9 Å². The number of rotatable bonds is 3. The van der Waals surface area contributed by atoms with Gasteiger partial charge in [-0.1, -0.05) is 30.4 Å². The number of anilines is 1. The molecule has 0 aliphatic rings. The summed E-state index contributed by atoms with van der Waals surface area (Å²) in [6, 6.07) is 13.8. The van der Waals surface area contributed by atoms with Crippen molar-refractivity contribution in [3.05, 3.63) is 48.0 Å². The summed E-state index contributed by atoms with van der Waals surface area (Å²) in [7, 11) is 0. The zero-order valence-electron chi connectivity index (χ0n) is 10.6. The number of benzene rings is 2. The second-order valence-corrected chi connectivity index (χ2v) is 5.30. The first kappa shape index (κ1) is 12.0. The molecule has 2 aromatic carbocycles. The van der Waals surface area contributed by atoms with Gasteiger partial charge in [0.05, 0.1) is 10.2 Å². The Hall–Kier alpha value is -2.07. The molecule has 4 heteroatoms. The normalized spacial score (nSPS) is 10.8. The first-order valence-electron chi connectivity index (χ1n) is 6.17. The first-order chi connectivity index (χ1) is 9.24. The summed E-state index contributed by atoms with van der Waals surface area (Å²) in [5, 5.41) is 0.643. The van der Waals surface area contributed by atoms with E-state index in [1.54, 1.807) is 0 Å². The molecule has 0 radical (unpaired) electrons. The molecule has 0 saturated carbocycles. The van der Waals surface area contributed by atoms with Gasteiger partial charge in [-0.2, -0.15) is 0 Å². The third-order valence-electron chi connectivity index (χ3n) is 2.93. The zero-order chi connectivity index (χ0) is 13.2. The summed E-state index contributed by atoms with van der Waals surface area (Å²) >= 11 is 1.50. The summed E-state index contributed by atoms with van der Waals surface area (Å²) < 4.78 is 6.81. The summed E-state index contributed by atoms with van der Waals surface area (Å²) in [6.07, 6.45) is 1.03. The summed E-state index contributed by atoms with van der Waals surface area (Å²) in [5.41, 5.74) is 8.71. The van der Waals surface area contributed by atoms with Crippen LogP contribution in [0.4, 0.5) is 5.69 Å². The van der Waals surface area contributed by atoms with Crippen LogP contribution in [0.15, 0.2) is 42.5 Å². The average molecular weight is 270 g/mol. The molecular weight excluding hydrogens is 256 g/mol. The Morgan fingerprint density at radius 1 is 1.16 bits per heavy atom. The van der Waals surface area contributed by atoms with Crippen LogP contribution in [-0.4, -0.2) is 4.98 Å². The molecule has 3 nitrogen and oxygen atoms in total. The van der Waals surface area contributed by atoms with Crippen molar-refractivity contribution >= 4 is 27.2 Å². The number of thiazole rings is 1. The van der Waals surface area contributed by atoms with Crippen molar-refractivity contribution in [2.75, 3.05) is 5.73 Å². The molecule has 3 rings (SSSR count). The Morgan fingerprint density at radius 3 is 2.68 bits per heavy atom. The highest BCUT2D eigenvalue weighted by atomic mass is 32.1. The maximum absolute atomic E-state index is 5.77. The molecule has 0 aliphatic carbocycles.